The Bertz CT molecular complexity index is 473. The largest absolute Gasteiger partial charge is 0.491 e. The molecule has 0 atom stereocenters. The van der Waals surface area contributed by atoms with Gasteiger partial charge in [0.2, 0.25) is 0 Å². The lowest BCUT2D eigenvalue weighted by molar-refractivity contribution is 0.0692. The smallest absolute Gasteiger partial charge is 0.341 e. The van der Waals surface area contributed by atoms with Gasteiger partial charge >= 0.3 is 5.97 Å². The van der Waals surface area contributed by atoms with Crippen molar-refractivity contribution in [2.75, 3.05) is 32.0 Å². The molecule has 1 saturated heterocycles. The van der Waals surface area contributed by atoms with Crippen LogP contribution in [-0.2, 0) is 0 Å². The molecule has 0 bridgehead atoms. The molecule has 6 heteroatoms. The number of benzene rings is 1. The zero-order chi connectivity index (χ0) is 13.8. The highest BCUT2D eigenvalue weighted by Crippen LogP contribution is 2.27. The Kier molecular flexibility index (Phi) is 4.21. The Morgan fingerprint density at radius 1 is 1.42 bits per heavy atom. The van der Waals surface area contributed by atoms with E-state index in [1.165, 1.54) is 18.9 Å². The Hall–Kier alpha value is -1.82. The second-order valence-electron chi connectivity index (χ2n) is 4.54. The van der Waals surface area contributed by atoms with Crippen LogP contribution in [0.4, 0.5) is 10.1 Å². The minimum absolute atomic E-state index is 0.116. The lowest BCUT2D eigenvalue weighted by Gasteiger charge is -2.16. The van der Waals surface area contributed by atoms with Crippen LogP contribution in [0.3, 0.4) is 0 Å². The minimum atomic E-state index is -1.28. The van der Waals surface area contributed by atoms with Gasteiger partial charge in [0, 0.05) is 6.54 Å². The number of carbonyl (C=O) groups is 1. The number of nitrogens with two attached hydrogens (primary N) is 1. The van der Waals surface area contributed by atoms with E-state index in [1.807, 2.05) is 0 Å². The molecule has 0 amide bonds. The van der Waals surface area contributed by atoms with Crippen LogP contribution < -0.4 is 10.5 Å². The number of carboxylic acid groups (broad SMARTS) is 1. The number of hydrogen-bond donors (Lipinski definition) is 2. The standard InChI is InChI=1S/C13H17FN2O3/c14-9-3-4-10(11(12(9)15)13(17)18)19-8-7-16-5-1-2-6-16/h3-4H,1-2,5-8,15H2,(H,17,18). The van der Waals surface area contributed by atoms with Gasteiger partial charge in [-0.05, 0) is 38.1 Å². The molecule has 1 aliphatic rings. The first-order chi connectivity index (χ1) is 9.09. The van der Waals surface area contributed by atoms with Crippen LogP contribution in [0.15, 0.2) is 12.1 Å². The summed E-state index contributed by atoms with van der Waals surface area (Å²) in [5.74, 6) is -1.91. The van der Waals surface area contributed by atoms with E-state index in [0.29, 0.717) is 6.61 Å². The predicted molar refractivity (Wildman–Crippen MR) is 68.9 cm³/mol. The molecule has 0 saturated carbocycles. The number of nitrogens with zero attached hydrogens (tertiary/aromatic N) is 1. The maximum atomic E-state index is 13.2. The van der Waals surface area contributed by atoms with E-state index >= 15 is 0 Å². The van der Waals surface area contributed by atoms with Crippen molar-refractivity contribution in [2.45, 2.75) is 12.8 Å². The van der Waals surface area contributed by atoms with E-state index in [4.69, 9.17) is 15.6 Å². The van der Waals surface area contributed by atoms with Crippen molar-refractivity contribution in [2.24, 2.45) is 0 Å². The number of halogens is 1. The maximum Gasteiger partial charge on any atom is 0.341 e. The first kappa shape index (κ1) is 13.6. The predicted octanol–water partition coefficient (Wildman–Crippen LogP) is 1.58. The fraction of sp³-hybridized carbons (Fsp3) is 0.462. The molecule has 1 aliphatic heterocycles. The lowest BCUT2D eigenvalue weighted by Crippen LogP contribution is -2.25. The van der Waals surface area contributed by atoms with Crippen molar-refractivity contribution < 1.29 is 19.0 Å². The van der Waals surface area contributed by atoms with Crippen molar-refractivity contribution in [3.05, 3.63) is 23.5 Å². The Labute approximate surface area is 110 Å². The van der Waals surface area contributed by atoms with Crippen molar-refractivity contribution >= 4 is 11.7 Å². The molecule has 1 heterocycles. The molecular formula is C13H17FN2O3. The van der Waals surface area contributed by atoms with Crippen LogP contribution in [0.25, 0.3) is 0 Å². The van der Waals surface area contributed by atoms with Gasteiger partial charge in [-0.15, -0.1) is 0 Å². The summed E-state index contributed by atoms with van der Waals surface area (Å²) in [4.78, 5) is 13.3. The van der Waals surface area contributed by atoms with Crippen molar-refractivity contribution in [1.29, 1.82) is 0 Å². The summed E-state index contributed by atoms with van der Waals surface area (Å²) < 4.78 is 18.7. The lowest BCUT2D eigenvalue weighted by atomic mass is 10.1. The molecule has 0 aliphatic carbocycles. The van der Waals surface area contributed by atoms with Crippen LogP contribution in [0.2, 0.25) is 0 Å². The zero-order valence-corrected chi connectivity index (χ0v) is 10.6. The Morgan fingerprint density at radius 2 is 2.11 bits per heavy atom. The Balaban J connectivity index is 2.02. The van der Waals surface area contributed by atoms with E-state index in [9.17, 15) is 9.18 Å². The second-order valence-corrected chi connectivity index (χ2v) is 4.54. The summed E-state index contributed by atoms with van der Waals surface area (Å²) in [6, 6.07) is 2.42. The van der Waals surface area contributed by atoms with Crippen LogP contribution >= 0.6 is 0 Å². The number of carboxylic acids is 1. The monoisotopic (exact) mass is 268 g/mol. The molecule has 0 aromatic heterocycles. The molecule has 1 aromatic carbocycles. The van der Waals surface area contributed by atoms with Gasteiger partial charge in [0.15, 0.2) is 0 Å². The van der Waals surface area contributed by atoms with Gasteiger partial charge in [-0.25, -0.2) is 9.18 Å². The molecule has 1 aromatic rings. The number of aromatic carboxylic acids is 1. The topological polar surface area (TPSA) is 75.8 Å². The summed E-state index contributed by atoms with van der Waals surface area (Å²) in [6.45, 7) is 3.18. The normalized spacial score (nSPS) is 15.6. The SMILES string of the molecule is Nc1c(F)ccc(OCCN2CCCC2)c1C(=O)O. The number of rotatable bonds is 5. The van der Waals surface area contributed by atoms with E-state index in [-0.39, 0.29) is 17.0 Å². The molecule has 2 rings (SSSR count). The third-order valence-corrected chi connectivity index (χ3v) is 3.23. The van der Waals surface area contributed by atoms with E-state index in [2.05, 4.69) is 4.90 Å². The molecular weight excluding hydrogens is 251 g/mol. The highest BCUT2D eigenvalue weighted by molar-refractivity contribution is 5.96. The number of nitrogen functional groups attached to an aromatic ring is 1. The van der Waals surface area contributed by atoms with Crippen molar-refractivity contribution in [3.8, 4) is 5.75 Å². The average Bonchev–Trinajstić information content (AvgIpc) is 2.86. The Morgan fingerprint density at radius 3 is 2.74 bits per heavy atom. The number of likely N-dealkylation sites (tertiary alicyclic amines) is 1. The number of ether oxygens (including phenoxy) is 1. The first-order valence-electron chi connectivity index (χ1n) is 6.26. The van der Waals surface area contributed by atoms with E-state index in [0.717, 1.165) is 25.7 Å². The minimum Gasteiger partial charge on any atom is -0.491 e. The first-order valence-corrected chi connectivity index (χ1v) is 6.26. The highest BCUT2D eigenvalue weighted by atomic mass is 19.1. The molecule has 3 N–H and O–H groups in total. The number of anilines is 1. The fourth-order valence-electron chi connectivity index (χ4n) is 2.21. The zero-order valence-electron chi connectivity index (χ0n) is 10.6. The second kappa shape index (κ2) is 5.88. The third kappa shape index (κ3) is 3.14. The van der Waals surface area contributed by atoms with Crippen LogP contribution in [0.1, 0.15) is 23.2 Å². The quantitative estimate of drug-likeness (QED) is 0.793. The molecule has 104 valence electrons. The third-order valence-electron chi connectivity index (χ3n) is 3.23. The van der Waals surface area contributed by atoms with Gasteiger partial charge in [0.25, 0.3) is 0 Å². The summed E-state index contributed by atoms with van der Waals surface area (Å²) in [5.41, 5.74) is 4.74. The molecule has 5 nitrogen and oxygen atoms in total. The van der Waals surface area contributed by atoms with Gasteiger partial charge in [-0.1, -0.05) is 0 Å². The summed E-state index contributed by atoms with van der Waals surface area (Å²) in [5, 5.41) is 9.04. The molecule has 0 radical (unpaired) electrons. The molecule has 0 unspecified atom stereocenters. The summed E-state index contributed by atoms with van der Waals surface area (Å²) in [6.07, 6.45) is 2.37. The molecule has 1 fully saturated rings. The average molecular weight is 268 g/mol. The maximum absolute atomic E-state index is 13.2. The summed E-state index contributed by atoms with van der Waals surface area (Å²) in [7, 11) is 0. The molecule has 0 spiro atoms. The van der Waals surface area contributed by atoms with Gasteiger partial charge in [0.1, 0.15) is 23.7 Å². The van der Waals surface area contributed by atoms with Gasteiger partial charge in [0.05, 0.1) is 5.69 Å². The van der Waals surface area contributed by atoms with E-state index < -0.39 is 11.8 Å². The fourth-order valence-corrected chi connectivity index (χ4v) is 2.21. The van der Waals surface area contributed by atoms with Crippen LogP contribution in [0, 0.1) is 5.82 Å². The summed E-state index contributed by atoms with van der Waals surface area (Å²) >= 11 is 0. The van der Waals surface area contributed by atoms with E-state index in [1.54, 1.807) is 0 Å². The van der Waals surface area contributed by atoms with Gasteiger partial charge < -0.3 is 15.6 Å². The number of hydrogen-bond acceptors (Lipinski definition) is 4. The van der Waals surface area contributed by atoms with Crippen LogP contribution in [0.5, 0.6) is 5.75 Å². The van der Waals surface area contributed by atoms with Crippen molar-refractivity contribution in [1.82, 2.24) is 4.90 Å². The van der Waals surface area contributed by atoms with Crippen molar-refractivity contribution in [3.63, 3.8) is 0 Å². The van der Waals surface area contributed by atoms with Gasteiger partial charge in [-0.2, -0.15) is 0 Å². The highest BCUT2D eigenvalue weighted by Gasteiger charge is 2.19. The molecule has 19 heavy (non-hydrogen) atoms. The van der Waals surface area contributed by atoms with Crippen LogP contribution in [-0.4, -0.2) is 42.2 Å². The van der Waals surface area contributed by atoms with Gasteiger partial charge in [-0.3, -0.25) is 4.90 Å².